The van der Waals surface area contributed by atoms with Crippen molar-refractivity contribution in [3.8, 4) is 11.5 Å². The van der Waals surface area contributed by atoms with E-state index in [1.807, 2.05) is 48.5 Å². The lowest BCUT2D eigenvalue weighted by atomic mass is 10.2. The van der Waals surface area contributed by atoms with Crippen molar-refractivity contribution >= 4 is 11.4 Å². The molecule has 2 aromatic rings. The maximum atomic E-state index is 5.66. The number of nitrogens with one attached hydrogen (secondary N) is 1. The summed E-state index contributed by atoms with van der Waals surface area (Å²) in [5, 5.41) is 3.34. The summed E-state index contributed by atoms with van der Waals surface area (Å²) in [7, 11) is 0. The van der Waals surface area contributed by atoms with E-state index in [0.29, 0.717) is 6.61 Å². The molecule has 18 heavy (non-hydrogen) atoms. The first-order valence-electron chi connectivity index (χ1n) is 6.13. The van der Waals surface area contributed by atoms with Crippen LogP contribution in [-0.2, 0) is 0 Å². The van der Waals surface area contributed by atoms with E-state index in [1.54, 1.807) is 0 Å². The van der Waals surface area contributed by atoms with Gasteiger partial charge < -0.3 is 14.8 Å². The van der Waals surface area contributed by atoms with Crippen molar-refractivity contribution < 1.29 is 9.47 Å². The zero-order valence-electron chi connectivity index (χ0n) is 10.1. The van der Waals surface area contributed by atoms with Crippen LogP contribution in [0.15, 0.2) is 48.5 Å². The normalized spacial score (nSPS) is 13.8. The maximum absolute atomic E-state index is 5.66. The molecule has 1 aliphatic heterocycles. The highest BCUT2D eigenvalue weighted by molar-refractivity contribution is 5.63. The van der Waals surface area contributed by atoms with Gasteiger partial charge in [-0.15, -0.1) is 0 Å². The third kappa shape index (κ3) is 2.40. The van der Waals surface area contributed by atoms with Crippen molar-refractivity contribution in [2.24, 2.45) is 0 Å². The Morgan fingerprint density at radius 2 is 1.56 bits per heavy atom. The molecule has 0 unspecified atom stereocenters. The molecule has 3 rings (SSSR count). The molecular formula is C15H15NO2. The summed E-state index contributed by atoms with van der Waals surface area (Å²) in [6.07, 6.45) is 0.927. The third-order valence-corrected chi connectivity index (χ3v) is 2.81. The fourth-order valence-corrected chi connectivity index (χ4v) is 1.93. The second kappa shape index (κ2) is 5.00. The van der Waals surface area contributed by atoms with Crippen molar-refractivity contribution in [3.05, 3.63) is 48.5 Å². The Balaban J connectivity index is 1.83. The number of hydrogen-bond acceptors (Lipinski definition) is 3. The fraction of sp³-hybridized carbons (Fsp3) is 0.200. The molecule has 0 saturated carbocycles. The first-order chi connectivity index (χ1) is 8.92. The third-order valence-electron chi connectivity index (χ3n) is 2.81. The molecular weight excluding hydrogens is 226 g/mol. The van der Waals surface area contributed by atoms with E-state index in [2.05, 4.69) is 5.32 Å². The number of para-hydroxylation sites is 1. The molecule has 0 aliphatic carbocycles. The van der Waals surface area contributed by atoms with Crippen molar-refractivity contribution in [1.82, 2.24) is 0 Å². The average molecular weight is 241 g/mol. The van der Waals surface area contributed by atoms with Crippen molar-refractivity contribution in [2.75, 3.05) is 18.5 Å². The summed E-state index contributed by atoms with van der Waals surface area (Å²) in [5.41, 5.74) is 2.07. The molecule has 1 heterocycles. The highest BCUT2D eigenvalue weighted by Crippen LogP contribution is 2.33. The lowest BCUT2D eigenvalue weighted by molar-refractivity contribution is 0.297. The zero-order valence-corrected chi connectivity index (χ0v) is 10.1. The number of rotatable bonds is 2. The lowest BCUT2D eigenvalue weighted by Crippen LogP contribution is -1.97. The summed E-state index contributed by atoms with van der Waals surface area (Å²) in [6.45, 7) is 1.43. The summed E-state index contributed by atoms with van der Waals surface area (Å²) >= 11 is 0. The van der Waals surface area contributed by atoms with Gasteiger partial charge in [0.15, 0.2) is 11.5 Å². The van der Waals surface area contributed by atoms with Gasteiger partial charge >= 0.3 is 0 Å². The SMILES string of the molecule is c1ccc(Nc2ccc3c(c2)OCCCO3)cc1. The van der Waals surface area contributed by atoms with Crippen LogP contribution in [0.25, 0.3) is 0 Å². The van der Waals surface area contributed by atoms with E-state index >= 15 is 0 Å². The number of fused-ring (bicyclic) bond motifs is 1. The first-order valence-corrected chi connectivity index (χ1v) is 6.13. The first kappa shape index (κ1) is 11.0. The molecule has 2 aromatic carbocycles. The molecule has 3 heteroatoms. The van der Waals surface area contributed by atoms with Gasteiger partial charge in [-0.25, -0.2) is 0 Å². The van der Waals surface area contributed by atoms with Crippen LogP contribution in [0.5, 0.6) is 11.5 Å². The summed E-state index contributed by atoms with van der Waals surface area (Å²) in [5.74, 6) is 1.64. The van der Waals surface area contributed by atoms with Gasteiger partial charge in [0, 0.05) is 23.9 Å². The molecule has 0 fully saturated rings. The van der Waals surface area contributed by atoms with Crippen LogP contribution in [-0.4, -0.2) is 13.2 Å². The second-order valence-electron chi connectivity index (χ2n) is 4.20. The van der Waals surface area contributed by atoms with Gasteiger partial charge in [-0.05, 0) is 24.3 Å². The molecule has 0 bridgehead atoms. The fourth-order valence-electron chi connectivity index (χ4n) is 1.93. The molecule has 1 N–H and O–H groups in total. The Hall–Kier alpha value is -2.16. The van der Waals surface area contributed by atoms with Gasteiger partial charge in [0.2, 0.25) is 0 Å². The Morgan fingerprint density at radius 1 is 0.778 bits per heavy atom. The molecule has 0 saturated heterocycles. The number of anilines is 2. The predicted molar refractivity (Wildman–Crippen MR) is 71.8 cm³/mol. The Labute approximate surface area is 106 Å². The molecule has 0 radical (unpaired) electrons. The number of benzene rings is 2. The summed E-state index contributed by atoms with van der Waals surface area (Å²) in [6, 6.07) is 16.0. The van der Waals surface area contributed by atoms with Gasteiger partial charge in [-0.2, -0.15) is 0 Å². The van der Waals surface area contributed by atoms with E-state index in [1.165, 1.54) is 0 Å². The van der Waals surface area contributed by atoms with Crippen LogP contribution in [0.1, 0.15) is 6.42 Å². The van der Waals surface area contributed by atoms with Crippen molar-refractivity contribution in [3.63, 3.8) is 0 Å². The van der Waals surface area contributed by atoms with Gasteiger partial charge in [-0.1, -0.05) is 18.2 Å². The van der Waals surface area contributed by atoms with Crippen LogP contribution in [0.2, 0.25) is 0 Å². The Bertz CT molecular complexity index is 525. The molecule has 3 nitrogen and oxygen atoms in total. The predicted octanol–water partition coefficient (Wildman–Crippen LogP) is 3.59. The van der Waals surface area contributed by atoms with Gasteiger partial charge in [0.25, 0.3) is 0 Å². The van der Waals surface area contributed by atoms with Crippen LogP contribution in [0.4, 0.5) is 11.4 Å². The minimum absolute atomic E-state index is 0.710. The minimum Gasteiger partial charge on any atom is -0.490 e. The van der Waals surface area contributed by atoms with Crippen molar-refractivity contribution in [2.45, 2.75) is 6.42 Å². The molecule has 0 aromatic heterocycles. The zero-order chi connectivity index (χ0) is 12.2. The van der Waals surface area contributed by atoms with Crippen LogP contribution >= 0.6 is 0 Å². The number of ether oxygens (including phenoxy) is 2. The average Bonchev–Trinajstić information content (AvgIpc) is 2.64. The van der Waals surface area contributed by atoms with Crippen molar-refractivity contribution in [1.29, 1.82) is 0 Å². The van der Waals surface area contributed by atoms with E-state index in [4.69, 9.17) is 9.47 Å². The van der Waals surface area contributed by atoms with Gasteiger partial charge in [0.1, 0.15) is 0 Å². The molecule has 0 spiro atoms. The quantitative estimate of drug-likeness (QED) is 0.871. The lowest BCUT2D eigenvalue weighted by Gasteiger charge is -2.11. The molecule has 92 valence electrons. The Kier molecular flexibility index (Phi) is 3.05. The van der Waals surface area contributed by atoms with E-state index < -0.39 is 0 Å². The Morgan fingerprint density at radius 3 is 2.39 bits per heavy atom. The van der Waals surface area contributed by atoms with E-state index in [0.717, 1.165) is 35.9 Å². The highest BCUT2D eigenvalue weighted by atomic mass is 16.5. The minimum atomic E-state index is 0.710. The highest BCUT2D eigenvalue weighted by Gasteiger charge is 2.10. The van der Waals surface area contributed by atoms with E-state index in [-0.39, 0.29) is 0 Å². The summed E-state index contributed by atoms with van der Waals surface area (Å²) < 4.78 is 11.3. The van der Waals surface area contributed by atoms with Crippen LogP contribution in [0.3, 0.4) is 0 Å². The monoisotopic (exact) mass is 241 g/mol. The number of hydrogen-bond donors (Lipinski definition) is 1. The molecule has 0 amide bonds. The van der Waals surface area contributed by atoms with Crippen LogP contribution in [0, 0.1) is 0 Å². The van der Waals surface area contributed by atoms with E-state index in [9.17, 15) is 0 Å². The largest absolute Gasteiger partial charge is 0.490 e. The van der Waals surface area contributed by atoms with Crippen LogP contribution < -0.4 is 14.8 Å². The topological polar surface area (TPSA) is 30.5 Å². The molecule has 1 aliphatic rings. The summed E-state index contributed by atoms with van der Waals surface area (Å²) in [4.78, 5) is 0. The molecule has 0 atom stereocenters. The maximum Gasteiger partial charge on any atom is 0.163 e. The standard InChI is InChI=1S/C15H15NO2/c1-2-5-12(6-3-1)16-13-7-8-14-15(11-13)18-10-4-9-17-14/h1-3,5-8,11,16H,4,9-10H2. The van der Waals surface area contributed by atoms with Gasteiger partial charge in [0.05, 0.1) is 13.2 Å². The van der Waals surface area contributed by atoms with Gasteiger partial charge in [-0.3, -0.25) is 0 Å². The smallest absolute Gasteiger partial charge is 0.163 e. The second-order valence-corrected chi connectivity index (χ2v) is 4.20.